The molecule has 9 heteroatoms. The van der Waals surface area contributed by atoms with Crippen LogP contribution in [0.5, 0.6) is 5.75 Å². The van der Waals surface area contributed by atoms with Crippen LogP contribution in [-0.2, 0) is 4.79 Å². The zero-order chi connectivity index (χ0) is 15.4. The molecular formula is C11H12N2O7. The molecule has 9 nitrogen and oxygen atoms in total. The van der Waals surface area contributed by atoms with E-state index in [0.717, 1.165) is 6.07 Å². The van der Waals surface area contributed by atoms with Gasteiger partial charge in [-0.15, -0.1) is 0 Å². The second-order valence-corrected chi connectivity index (χ2v) is 3.81. The number of benzene rings is 1. The molecule has 20 heavy (non-hydrogen) atoms. The van der Waals surface area contributed by atoms with Crippen molar-refractivity contribution in [1.29, 1.82) is 0 Å². The number of carbonyl (C=O) groups is 2. The number of hydrogen-bond acceptors (Lipinski definition) is 6. The Labute approximate surface area is 112 Å². The minimum atomic E-state index is -1.50. The summed E-state index contributed by atoms with van der Waals surface area (Å²) in [4.78, 5) is 32.0. The predicted octanol–water partition coefficient (Wildman–Crippen LogP) is 1.19. The van der Waals surface area contributed by atoms with Crippen molar-refractivity contribution in [2.75, 3.05) is 12.4 Å². The Morgan fingerprint density at radius 1 is 1.40 bits per heavy atom. The second kappa shape index (κ2) is 5.87. The number of methoxy groups -OCH3 is 1. The number of aromatic carboxylic acids is 1. The van der Waals surface area contributed by atoms with Crippen molar-refractivity contribution < 1.29 is 29.5 Å². The Morgan fingerprint density at radius 2 is 2.00 bits per heavy atom. The molecule has 0 aromatic heterocycles. The summed E-state index contributed by atoms with van der Waals surface area (Å²) < 4.78 is 4.90. The second-order valence-electron chi connectivity index (χ2n) is 3.81. The zero-order valence-electron chi connectivity index (χ0n) is 10.6. The number of aliphatic carboxylic acids is 1. The van der Waals surface area contributed by atoms with Crippen LogP contribution in [0.1, 0.15) is 17.3 Å². The smallest absolute Gasteiger partial charge is 0.342 e. The molecule has 1 aromatic rings. The van der Waals surface area contributed by atoms with Gasteiger partial charge in [0.15, 0.2) is 5.69 Å². The minimum absolute atomic E-state index is 0.0187. The first kappa shape index (κ1) is 15.2. The maximum atomic E-state index is 11.1. The lowest BCUT2D eigenvalue weighted by Gasteiger charge is -2.15. The summed E-state index contributed by atoms with van der Waals surface area (Å²) in [5.74, 6) is -2.76. The van der Waals surface area contributed by atoms with Crippen molar-refractivity contribution in [3.8, 4) is 5.75 Å². The molecule has 0 fully saturated rings. The van der Waals surface area contributed by atoms with Crippen LogP contribution in [0.2, 0.25) is 0 Å². The first-order valence-corrected chi connectivity index (χ1v) is 5.37. The number of nitro groups is 1. The van der Waals surface area contributed by atoms with Crippen LogP contribution in [0.15, 0.2) is 12.1 Å². The minimum Gasteiger partial charge on any atom is -0.494 e. The average Bonchev–Trinajstić information content (AvgIpc) is 2.37. The fraction of sp³-hybridized carbons (Fsp3) is 0.273. The van der Waals surface area contributed by atoms with Crippen molar-refractivity contribution in [3.63, 3.8) is 0 Å². The van der Waals surface area contributed by atoms with Gasteiger partial charge in [-0.2, -0.15) is 0 Å². The number of carboxylic acid groups (broad SMARTS) is 2. The molecule has 0 radical (unpaired) electrons. The van der Waals surface area contributed by atoms with Gasteiger partial charge in [-0.3, -0.25) is 14.9 Å². The summed E-state index contributed by atoms with van der Waals surface area (Å²) in [6.45, 7) is 1.26. The first-order chi connectivity index (χ1) is 9.29. The van der Waals surface area contributed by atoms with Crippen molar-refractivity contribution >= 4 is 23.3 Å². The third-order valence-electron chi connectivity index (χ3n) is 2.50. The highest BCUT2D eigenvalue weighted by Gasteiger charge is 2.29. The quantitative estimate of drug-likeness (QED) is 0.522. The monoisotopic (exact) mass is 284 g/mol. The maximum absolute atomic E-state index is 11.1. The Balaban J connectivity index is 3.50. The van der Waals surface area contributed by atoms with Gasteiger partial charge < -0.3 is 20.3 Å². The lowest BCUT2D eigenvalue weighted by molar-refractivity contribution is -0.384. The van der Waals surface area contributed by atoms with Gasteiger partial charge in [0.05, 0.1) is 12.0 Å². The van der Waals surface area contributed by atoms with Crippen LogP contribution in [0, 0.1) is 10.1 Å². The number of nitrogens with one attached hydrogen (secondary N) is 1. The summed E-state index contributed by atoms with van der Waals surface area (Å²) in [6.07, 6.45) is 0. The van der Waals surface area contributed by atoms with E-state index < -0.39 is 34.2 Å². The standard InChI is InChI=1S/C11H12N2O7/c1-5(10(14)15)12-8-7(20-2)4-3-6(11(16)17)9(8)13(18)19/h3-5,12H,1-2H3,(H,14,15)(H,16,17). The zero-order valence-corrected chi connectivity index (χ0v) is 10.6. The normalized spacial score (nSPS) is 11.5. The molecule has 0 amide bonds. The molecule has 108 valence electrons. The fourth-order valence-corrected chi connectivity index (χ4v) is 1.52. The molecule has 1 aromatic carbocycles. The fourth-order valence-electron chi connectivity index (χ4n) is 1.52. The summed E-state index contributed by atoms with van der Waals surface area (Å²) in [5, 5.41) is 31.2. The van der Waals surface area contributed by atoms with Crippen molar-refractivity contribution in [2.24, 2.45) is 0 Å². The number of hydrogen-bond donors (Lipinski definition) is 3. The van der Waals surface area contributed by atoms with Crippen molar-refractivity contribution in [1.82, 2.24) is 0 Å². The summed E-state index contributed by atoms with van der Waals surface area (Å²) in [5.41, 5.74) is -1.59. The number of carboxylic acids is 2. The third kappa shape index (κ3) is 2.94. The van der Waals surface area contributed by atoms with Gasteiger partial charge >= 0.3 is 17.6 Å². The molecule has 0 aliphatic carbocycles. The van der Waals surface area contributed by atoms with Gasteiger partial charge in [0.25, 0.3) is 0 Å². The van der Waals surface area contributed by atoms with Crippen molar-refractivity contribution in [3.05, 3.63) is 27.8 Å². The first-order valence-electron chi connectivity index (χ1n) is 5.37. The lowest BCUT2D eigenvalue weighted by atomic mass is 10.1. The molecule has 0 bridgehead atoms. The molecule has 0 saturated carbocycles. The third-order valence-corrected chi connectivity index (χ3v) is 2.50. The van der Waals surface area contributed by atoms with Crippen LogP contribution in [0.3, 0.4) is 0 Å². The number of rotatable bonds is 6. The van der Waals surface area contributed by atoms with Crippen LogP contribution in [0.25, 0.3) is 0 Å². The van der Waals surface area contributed by atoms with Crippen LogP contribution >= 0.6 is 0 Å². The van der Waals surface area contributed by atoms with Gasteiger partial charge in [0, 0.05) is 0 Å². The molecule has 1 unspecified atom stereocenters. The summed E-state index contributed by atoms with van der Waals surface area (Å²) in [6, 6.07) is 1.08. The Morgan fingerprint density at radius 3 is 2.40 bits per heavy atom. The summed E-state index contributed by atoms with van der Waals surface area (Å²) in [7, 11) is 1.23. The van der Waals surface area contributed by atoms with Gasteiger partial charge in [-0.05, 0) is 19.1 Å². The highest BCUT2D eigenvalue weighted by atomic mass is 16.6. The molecule has 1 rings (SSSR count). The van der Waals surface area contributed by atoms with Crippen LogP contribution in [-0.4, -0.2) is 40.2 Å². The van der Waals surface area contributed by atoms with Gasteiger partial charge in [-0.25, -0.2) is 4.79 Å². The van der Waals surface area contributed by atoms with Gasteiger partial charge in [0.2, 0.25) is 0 Å². The average molecular weight is 284 g/mol. The van der Waals surface area contributed by atoms with Gasteiger partial charge in [0.1, 0.15) is 17.4 Å². The van der Waals surface area contributed by atoms with E-state index in [4.69, 9.17) is 14.9 Å². The molecule has 0 aliphatic heterocycles. The molecule has 0 spiro atoms. The molecule has 0 saturated heterocycles. The largest absolute Gasteiger partial charge is 0.494 e. The van der Waals surface area contributed by atoms with Crippen molar-refractivity contribution in [2.45, 2.75) is 13.0 Å². The highest BCUT2D eigenvalue weighted by molar-refractivity contribution is 5.97. The van der Waals surface area contributed by atoms with Gasteiger partial charge in [-0.1, -0.05) is 0 Å². The number of nitro benzene ring substituents is 1. The van der Waals surface area contributed by atoms with E-state index in [0.29, 0.717) is 0 Å². The van der Waals surface area contributed by atoms with Crippen LogP contribution in [0.4, 0.5) is 11.4 Å². The van der Waals surface area contributed by atoms with Crippen LogP contribution < -0.4 is 10.1 Å². The molecule has 0 heterocycles. The van der Waals surface area contributed by atoms with E-state index in [-0.39, 0.29) is 11.4 Å². The Kier molecular flexibility index (Phi) is 4.46. The Bertz CT molecular complexity index is 570. The lowest BCUT2D eigenvalue weighted by Crippen LogP contribution is -2.26. The Hall–Kier alpha value is -2.84. The van der Waals surface area contributed by atoms with E-state index >= 15 is 0 Å². The van der Waals surface area contributed by atoms with E-state index in [1.165, 1.54) is 20.1 Å². The molecular weight excluding hydrogens is 272 g/mol. The van der Waals surface area contributed by atoms with E-state index in [1.54, 1.807) is 0 Å². The maximum Gasteiger partial charge on any atom is 0.342 e. The number of anilines is 1. The van der Waals surface area contributed by atoms with E-state index in [1.807, 2.05) is 0 Å². The molecule has 1 atom stereocenters. The number of nitrogens with zero attached hydrogens (tertiary/aromatic N) is 1. The highest BCUT2D eigenvalue weighted by Crippen LogP contribution is 2.37. The van der Waals surface area contributed by atoms with E-state index in [9.17, 15) is 19.7 Å². The SMILES string of the molecule is COc1ccc(C(=O)O)c([N+](=O)[O-])c1NC(C)C(=O)O. The number of ether oxygens (including phenoxy) is 1. The topological polar surface area (TPSA) is 139 Å². The predicted molar refractivity (Wildman–Crippen MR) is 67.3 cm³/mol. The van der Waals surface area contributed by atoms with E-state index in [2.05, 4.69) is 5.32 Å². The molecule has 3 N–H and O–H groups in total. The molecule has 0 aliphatic rings. The summed E-state index contributed by atoms with van der Waals surface area (Å²) >= 11 is 0.